The van der Waals surface area contributed by atoms with Crippen molar-refractivity contribution in [1.29, 1.82) is 0 Å². The summed E-state index contributed by atoms with van der Waals surface area (Å²) in [7, 11) is 0. The largest absolute Gasteiger partial charge is 0.479 e. The number of fused-ring (bicyclic) bond motifs is 1. The minimum Gasteiger partial charge on any atom is -0.479 e. The molecular formula is C18H20N2O3S. The van der Waals surface area contributed by atoms with Crippen LogP contribution in [0.15, 0.2) is 35.7 Å². The van der Waals surface area contributed by atoms with Crippen molar-refractivity contribution in [1.82, 2.24) is 5.32 Å². The molecule has 2 aromatic rings. The second kappa shape index (κ2) is 7.05. The van der Waals surface area contributed by atoms with E-state index in [9.17, 15) is 9.59 Å². The predicted octanol–water partition coefficient (Wildman–Crippen LogP) is 2.88. The summed E-state index contributed by atoms with van der Waals surface area (Å²) in [5.41, 5.74) is 1.91. The highest BCUT2D eigenvalue weighted by Crippen LogP contribution is 2.33. The van der Waals surface area contributed by atoms with Crippen LogP contribution in [-0.4, -0.2) is 24.5 Å². The lowest BCUT2D eigenvalue weighted by Gasteiger charge is -2.32. The van der Waals surface area contributed by atoms with Crippen LogP contribution < -0.4 is 15.0 Å². The van der Waals surface area contributed by atoms with Crippen LogP contribution in [0.25, 0.3) is 0 Å². The van der Waals surface area contributed by atoms with Crippen LogP contribution in [0.2, 0.25) is 0 Å². The van der Waals surface area contributed by atoms with Crippen molar-refractivity contribution in [2.45, 2.75) is 32.9 Å². The molecule has 1 aliphatic heterocycles. The van der Waals surface area contributed by atoms with Crippen molar-refractivity contribution < 1.29 is 14.3 Å². The summed E-state index contributed by atoms with van der Waals surface area (Å²) >= 11 is 1.63. The van der Waals surface area contributed by atoms with Crippen molar-refractivity contribution in [2.75, 3.05) is 11.4 Å². The molecule has 0 spiro atoms. The zero-order valence-corrected chi connectivity index (χ0v) is 14.6. The van der Waals surface area contributed by atoms with E-state index in [1.165, 1.54) is 5.56 Å². The molecule has 0 aliphatic carbocycles. The third kappa shape index (κ3) is 3.43. The average Bonchev–Trinajstić information content (AvgIpc) is 2.98. The molecule has 2 heterocycles. The lowest BCUT2D eigenvalue weighted by atomic mass is 10.1. The van der Waals surface area contributed by atoms with Crippen LogP contribution in [0.1, 0.15) is 23.8 Å². The molecule has 0 fully saturated rings. The number of carbonyl (C=O) groups is 2. The van der Waals surface area contributed by atoms with Gasteiger partial charge in [0.2, 0.25) is 5.91 Å². The first-order valence-corrected chi connectivity index (χ1v) is 8.81. The van der Waals surface area contributed by atoms with Gasteiger partial charge in [-0.2, -0.15) is 0 Å². The van der Waals surface area contributed by atoms with Gasteiger partial charge in [-0.15, -0.1) is 11.3 Å². The second-order valence-corrected chi connectivity index (χ2v) is 6.77. The molecule has 2 amide bonds. The Bertz CT molecular complexity index is 756. The summed E-state index contributed by atoms with van der Waals surface area (Å²) in [6, 6.07) is 9.45. The van der Waals surface area contributed by atoms with Crippen molar-refractivity contribution in [3.63, 3.8) is 0 Å². The Labute approximate surface area is 145 Å². The first-order chi connectivity index (χ1) is 11.6. The molecular weight excluding hydrogens is 324 g/mol. The summed E-state index contributed by atoms with van der Waals surface area (Å²) in [5, 5.41) is 4.93. The number of carbonyl (C=O) groups excluding carboxylic acids is 2. The third-order valence-electron chi connectivity index (χ3n) is 4.05. The minimum atomic E-state index is -0.531. The molecule has 3 rings (SSSR count). The van der Waals surface area contributed by atoms with Crippen LogP contribution in [0.5, 0.6) is 5.75 Å². The highest BCUT2D eigenvalue weighted by molar-refractivity contribution is 7.10. The van der Waals surface area contributed by atoms with Crippen molar-refractivity contribution in [2.24, 2.45) is 0 Å². The number of hydrogen-bond donors (Lipinski definition) is 1. The molecule has 5 nitrogen and oxygen atoms in total. The molecule has 1 atom stereocenters. The van der Waals surface area contributed by atoms with Gasteiger partial charge >= 0.3 is 0 Å². The van der Waals surface area contributed by atoms with Crippen LogP contribution >= 0.6 is 11.3 Å². The normalized spacial score (nSPS) is 16.5. The van der Waals surface area contributed by atoms with E-state index in [-0.39, 0.29) is 18.2 Å². The lowest BCUT2D eigenvalue weighted by molar-refractivity contribution is -0.125. The van der Waals surface area contributed by atoms with Gasteiger partial charge in [-0.1, -0.05) is 12.1 Å². The van der Waals surface area contributed by atoms with Gasteiger partial charge in [0.05, 0.1) is 12.2 Å². The number of ether oxygens (including phenoxy) is 1. The van der Waals surface area contributed by atoms with Crippen LogP contribution in [0, 0.1) is 6.92 Å². The lowest BCUT2D eigenvalue weighted by Crippen LogP contribution is -2.45. The number of hydrogen-bond acceptors (Lipinski definition) is 4. The minimum absolute atomic E-state index is 0.0628. The van der Waals surface area contributed by atoms with Gasteiger partial charge in [-0.25, -0.2) is 0 Å². The van der Waals surface area contributed by atoms with Gasteiger partial charge in [0.1, 0.15) is 5.75 Å². The van der Waals surface area contributed by atoms with E-state index in [1.807, 2.05) is 42.6 Å². The number of rotatable bonds is 5. The van der Waals surface area contributed by atoms with Crippen LogP contribution in [0.3, 0.4) is 0 Å². The Morgan fingerprint density at radius 1 is 1.33 bits per heavy atom. The molecule has 126 valence electrons. The van der Waals surface area contributed by atoms with Gasteiger partial charge in [0, 0.05) is 17.8 Å². The molecule has 0 unspecified atom stereocenters. The smallest absolute Gasteiger partial charge is 0.267 e. The fourth-order valence-electron chi connectivity index (χ4n) is 2.66. The quantitative estimate of drug-likeness (QED) is 0.907. The number of nitrogens with one attached hydrogen (secondary N) is 1. The van der Waals surface area contributed by atoms with Gasteiger partial charge in [-0.05, 0) is 43.0 Å². The molecule has 6 heteroatoms. The van der Waals surface area contributed by atoms with Crippen molar-refractivity contribution >= 4 is 28.8 Å². The highest BCUT2D eigenvalue weighted by atomic mass is 32.1. The molecule has 0 saturated heterocycles. The molecule has 1 aliphatic rings. The summed E-state index contributed by atoms with van der Waals surface area (Å²) < 4.78 is 5.60. The zero-order chi connectivity index (χ0) is 17.1. The SMILES string of the molecule is Cc1ccsc1CNC(=O)CCN1C(=O)[C@H](C)Oc2ccccc21. The number of amides is 2. The van der Waals surface area contributed by atoms with Crippen molar-refractivity contribution in [3.8, 4) is 5.75 Å². The van der Waals surface area contributed by atoms with E-state index >= 15 is 0 Å². The third-order valence-corrected chi connectivity index (χ3v) is 5.07. The zero-order valence-electron chi connectivity index (χ0n) is 13.7. The number of para-hydroxylation sites is 2. The van der Waals surface area contributed by atoms with Gasteiger partial charge in [0.25, 0.3) is 5.91 Å². The number of anilines is 1. The molecule has 1 N–H and O–H groups in total. The second-order valence-electron chi connectivity index (χ2n) is 5.77. The molecule has 0 radical (unpaired) electrons. The van der Waals surface area contributed by atoms with E-state index < -0.39 is 6.10 Å². The fraction of sp³-hybridized carbons (Fsp3) is 0.333. The average molecular weight is 344 g/mol. The molecule has 0 bridgehead atoms. The Balaban J connectivity index is 1.60. The molecule has 24 heavy (non-hydrogen) atoms. The number of thiophene rings is 1. The first-order valence-electron chi connectivity index (χ1n) is 7.93. The topological polar surface area (TPSA) is 58.6 Å². The Morgan fingerprint density at radius 3 is 2.88 bits per heavy atom. The molecule has 0 saturated carbocycles. The highest BCUT2D eigenvalue weighted by Gasteiger charge is 2.31. The van der Waals surface area contributed by atoms with Crippen LogP contribution in [-0.2, 0) is 16.1 Å². The van der Waals surface area contributed by atoms with Gasteiger partial charge in [0.15, 0.2) is 6.10 Å². The summed E-state index contributed by atoms with van der Waals surface area (Å²) in [6.07, 6.45) is -0.270. The predicted molar refractivity (Wildman–Crippen MR) is 94.4 cm³/mol. The Hall–Kier alpha value is -2.34. The number of nitrogens with zero attached hydrogens (tertiary/aromatic N) is 1. The maximum atomic E-state index is 12.4. The number of benzene rings is 1. The molecule has 1 aromatic carbocycles. The summed E-state index contributed by atoms with van der Waals surface area (Å²) in [6.45, 7) is 4.64. The van der Waals surface area contributed by atoms with Gasteiger partial charge in [-0.3, -0.25) is 9.59 Å². The summed E-state index contributed by atoms with van der Waals surface area (Å²) in [4.78, 5) is 27.3. The first kappa shape index (κ1) is 16.5. The van der Waals surface area contributed by atoms with Crippen molar-refractivity contribution in [3.05, 3.63) is 46.2 Å². The van der Waals surface area contributed by atoms with E-state index in [4.69, 9.17) is 4.74 Å². The Morgan fingerprint density at radius 2 is 2.12 bits per heavy atom. The van der Waals surface area contributed by atoms with E-state index in [0.29, 0.717) is 18.8 Å². The maximum absolute atomic E-state index is 12.4. The number of aryl methyl sites for hydroxylation is 1. The monoisotopic (exact) mass is 344 g/mol. The Kier molecular flexibility index (Phi) is 4.85. The van der Waals surface area contributed by atoms with E-state index in [2.05, 4.69) is 5.32 Å². The fourth-order valence-corrected chi connectivity index (χ4v) is 3.50. The van der Waals surface area contributed by atoms with E-state index in [0.717, 1.165) is 10.6 Å². The standard InChI is InChI=1S/C18H20N2O3S/c1-12-8-10-24-16(12)11-19-17(21)7-9-20-14-5-3-4-6-15(14)23-13(2)18(20)22/h3-6,8,10,13H,7,9,11H2,1-2H3,(H,19,21)/t13-/m0/s1. The van der Waals surface area contributed by atoms with Crippen LogP contribution in [0.4, 0.5) is 5.69 Å². The molecule has 1 aromatic heterocycles. The maximum Gasteiger partial charge on any atom is 0.267 e. The van der Waals surface area contributed by atoms with E-state index in [1.54, 1.807) is 23.2 Å². The summed E-state index contributed by atoms with van der Waals surface area (Å²) in [5.74, 6) is 0.502. The van der Waals surface area contributed by atoms with Gasteiger partial charge < -0.3 is 15.0 Å².